The van der Waals surface area contributed by atoms with Gasteiger partial charge in [0.2, 0.25) is 0 Å². The standard InChI is InChI=1S/C17H25BrN2O/c1-21-9-8-20(16-4-5-16)17(12-19)7-6-13-10-15(18)3-2-14(13)11-17/h2-3,10,16H,4-9,11-12,19H2,1H3. The van der Waals surface area contributed by atoms with Gasteiger partial charge >= 0.3 is 0 Å². The van der Waals surface area contributed by atoms with E-state index in [1.807, 2.05) is 0 Å². The highest BCUT2D eigenvalue weighted by Gasteiger charge is 2.44. The highest BCUT2D eigenvalue weighted by atomic mass is 79.9. The number of methoxy groups -OCH3 is 1. The lowest BCUT2D eigenvalue weighted by Crippen LogP contribution is -2.58. The number of halogens is 1. The topological polar surface area (TPSA) is 38.5 Å². The van der Waals surface area contributed by atoms with Crippen molar-refractivity contribution in [2.45, 2.75) is 43.7 Å². The summed E-state index contributed by atoms with van der Waals surface area (Å²) in [4.78, 5) is 2.65. The SMILES string of the molecule is COCCN(C1CC1)C1(CN)CCc2cc(Br)ccc2C1. The van der Waals surface area contributed by atoms with Crippen molar-refractivity contribution < 1.29 is 4.74 Å². The minimum absolute atomic E-state index is 0.126. The van der Waals surface area contributed by atoms with Crippen LogP contribution >= 0.6 is 15.9 Å². The first-order chi connectivity index (χ1) is 10.2. The third-order valence-electron chi connectivity index (χ3n) is 5.06. The zero-order valence-corrected chi connectivity index (χ0v) is 14.4. The van der Waals surface area contributed by atoms with Crippen molar-refractivity contribution in [2.24, 2.45) is 5.73 Å². The zero-order valence-electron chi connectivity index (χ0n) is 12.8. The Labute approximate surface area is 136 Å². The first-order valence-corrected chi connectivity index (χ1v) is 8.71. The van der Waals surface area contributed by atoms with E-state index >= 15 is 0 Å². The van der Waals surface area contributed by atoms with Crippen LogP contribution < -0.4 is 5.73 Å². The van der Waals surface area contributed by atoms with E-state index in [1.165, 1.54) is 28.4 Å². The number of nitrogens with two attached hydrogens (primary N) is 1. The first-order valence-electron chi connectivity index (χ1n) is 7.91. The lowest BCUT2D eigenvalue weighted by molar-refractivity contribution is 0.0424. The fraction of sp³-hybridized carbons (Fsp3) is 0.647. The minimum Gasteiger partial charge on any atom is -0.383 e. The van der Waals surface area contributed by atoms with Crippen LogP contribution in [-0.2, 0) is 17.6 Å². The molecule has 116 valence electrons. The highest BCUT2D eigenvalue weighted by Crippen LogP contribution is 2.40. The Bertz CT molecular complexity index is 504. The van der Waals surface area contributed by atoms with E-state index in [2.05, 4.69) is 39.0 Å². The Morgan fingerprint density at radius 2 is 2.19 bits per heavy atom. The van der Waals surface area contributed by atoms with Crippen LogP contribution in [0.2, 0.25) is 0 Å². The molecule has 3 nitrogen and oxygen atoms in total. The summed E-state index contributed by atoms with van der Waals surface area (Å²) < 4.78 is 6.51. The Morgan fingerprint density at radius 3 is 2.86 bits per heavy atom. The number of ether oxygens (including phenoxy) is 1. The lowest BCUT2D eigenvalue weighted by atomic mass is 9.76. The fourth-order valence-electron chi connectivity index (χ4n) is 3.73. The second-order valence-electron chi connectivity index (χ2n) is 6.44. The lowest BCUT2D eigenvalue weighted by Gasteiger charge is -2.47. The second-order valence-corrected chi connectivity index (χ2v) is 7.35. The summed E-state index contributed by atoms with van der Waals surface area (Å²) in [6.45, 7) is 2.54. The second kappa shape index (κ2) is 6.37. The van der Waals surface area contributed by atoms with Crippen LogP contribution in [0, 0.1) is 0 Å². The number of fused-ring (bicyclic) bond motifs is 1. The molecule has 0 bridgehead atoms. The number of nitrogens with zero attached hydrogens (tertiary/aromatic N) is 1. The molecule has 0 radical (unpaired) electrons. The van der Waals surface area contributed by atoms with Crippen LogP contribution in [0.1, 0.15) is 30.4 Å². The van der Waals surface area contributed by atoms with Crippen LogP contribution in [0.4, 0.5) is 0 Å². The van der Waals surface area contributed by atoms with Gasteiger partial charge in [-0.05, 0) is 55.4 Å². The molecular weight excluding hydrogens is 328 g/mol. The minimum atomic E-state index is 0.126. The summed E-state index contributed by atoms with van der Waals surface area (Å²) in [5, 5.41) is 0. The van der Waals surface area contributed by atoms with Crippen molar-refractivity contribution >= 4 is 15.9 Å². The average molecular weight is 353 g/mol. The number of hydrogen-bond donors (Lipinski definition) is 1. The van der Waals surface area contributed by atoms with Gasteiger partial charge in [-0.1, -0.05) is 22.0 Å². The summed E-state index contributed by atoms with van der Waals surface area (Å²) in [7, 11) is 1.79. The molecule has 0 amide bonds. The monoisotopic (exact) mass is 352 g/mol. The molecule has 0 aliphatic heterocycles. The predicted molar refractivity (Wildman–Crippen MR) is 89.6 cm³/mol. The molecule has 3 rings (SSSR count). The zero-order chi connectivity index (χ0) is 14.9. The molecule has 0 spiro atoms. The summed E-state index contributed by atoms with van der Waals surface area (Å²) >= 11 is 3.58. The third-order valence-corrected chi connectivity index (χ3v) is 5.55. The number of rotatable bonds is 6. The van der Waals surface area contributed by atoms with Crippen molar-refractivity contribution in [1.29, 1.82) is 0 Å². The maximum absolute atomic E-state index is 6.27. The Morgan fingerprint density at radius 1 is 1.38 bits per heavy atom. The highest BCUT2D eigenvalue weighted by molar-refractivity contribution is 9.10. The maximum atomic E-state index is 6.27. The molecule has 1 fully saturated rings. The van der Waals surface area contributed by atoms with Gasteiger partial charge in [0.15, 0.2) is 0 Å². The smallest absolute Gasteiger partial charge is 0.0590 e. The fourth-order valence-corrected chi connectivity index (χ4v) is 4.14. The van der Waals surface area contributed by atoms with E-state index in [1.54, 1.807) is 7.11 Å². The van der Waals surface area contributed by atoms with Gasteiger partial charge in [0, 0.05) is 36.3 Å². The molecule has 2 N–H and O–H groups in total. The molecular formula is C17H25BrN2O. The van der Waals surface area contributed by atoms with Crippen molar-refractivity contribution in [2.75, 3.05) is 26.8 Å². The molecule has 0 heterocycles. The van der Waals surface area contributed by atoms with Crippen LogP contribution in [0.15, 0.2) is 22.7 Å². The molecule has 1 aromatic rings. The van der Waals surface area contributed by atoms with E-state index in [0.29, 0.717) is 0 Å². The normalized spacial score (nSPS) is 25.1. The van der Waals surface area contributed by atoms with Gasteiger partial charge in [-0.2, -0.15) is 0 Å². The van der Waals surface area contributed by atoms with E-state index in [4.69, 9.17) is 10.5 Å². The van der Waals surface area contributed by atoms with Crippen molar-refractivity contribution in [3.8, 4) is 0 Å². The van der Waals surface area contributed by atoms with Crippen LogP contribution in [-0.4, -0.2) is 43.3 Å². The molecule has 1 aromatic carbocycles. The molecule has 2 aliphatic rings. The van der Waals surface area contributed by atoms with Gasteiger partial charge in [-0.3, -0.25) is 4.90 Å². The van der Waals surface area contributed by atoms with Crippen LogP contribution in [0.5, 0.6) is 0 Å². The molecule has 1 saturated carbocycles. The molecule has 2 aliphatic carbocycles. The van der Waals surface area contributed by atoms with Gasteiger partial charge < -0.3 is 10.5 Å². The summed E-state index contributed by atoms with van der Waals surface area (Å²) in [6, 6.07) is 7.42. The van der Waals surface area contributed by atoms with Crippen molar-refractivity contribution in [3.63, 3.8) is 0 Å². The average Bonchev–Trinajstić information content (AvgIpc) is 3.32. The van der Waals surface area contributed by atoms with Gasteiger partial charge in [-0.15, -0.1) is 0 Å². The van der Waals surface area contributed by atoms with Crippen LogP contribution in [0.25, 0.3) is 0 Å². The van der Waals surface area contributed by atoms with E-state index in [9.17, 15) is 0 Å². The molecule has 0 aromatic heterocycles. The Balaban J connectivity index is 1.84. The van der Waals surface area contributed by atoms with E-state index < -0.39 is 0 Å². The van der Waals surface area contributed by atoms with Gasteiger partial charge in [0.1, 0.15) is 0 Å². The predicted octanol–water partition coefficient (Wildman–Crippen LogP) is 2.75. The number of aryl methyl sites for hydroxylation is 1. The van der Waals surface area contributed by atoms with Gasteiger partial charge in [0.05, 0.1) is 6.61 Å². The molecule has 4 heteroatoms. The summed E-state index contributed by atoms with van der Waals surface area (Å²) in [6.07, 6.45) is 6.00. The van der Waals surface area contributed by atoms with Crippen molar-refractivity contribution in [1.82, 2.24) is 4.90 Å². The van der Waals surface area contributed by atoms with Crippen LogP contribution in [0.3, 0.4) is 0 Å². The number of benzene rings is 1. The Hall–Kier alpha value is -0.420. The van der Waals surface area contributed by atoms with E-state index in [-0.39, 0.29) is 5.54 Å². The van der Waals surface area contributed by atoms with Crippen molar-refractivity contribution in [3.05, 3.63) is 33.8 Å². The Kier molecular flexibility index (Phi) is 4.69. The third kappa shape index (κ3) is 3.19. The first kappa shape index (κ1) is 15.5. The molecule has 21 heavy (non-hydrogen) atoms. The van der Waals surface area contributed by atoms with E-state index in [0.717, 1.165) is 45.0 Å². The summed E-state index contributed by atoms with van der Waals surface area (Å²) in [5.74, 6) is 0. The molecule has 1 atom stereocenters. The van der Waals surface area contributed by atoms with Gasteiger partial charge in [0.25, 0.3) is 0 Å². The largest absolute Gasteiger partial charge is 0.383 e. The molecule has 0 saturated heterocycles. The molecule has 1 unspecified atom stereocenters. The maximum Gasteiger partial charge on any atom is 0.0590 e. The van der Waals surface area contributed by atoms with Gasteiger partial charge in [-0.25, -0.2) is 0 Å². The number of hydrogen-bond acceptors (Lipinski definition) is 3. The summed E-state index contributed by atoms with van der Waals surface area (Å²) in [5.41, 5.74) is 9.35. The quantitative estimate of drug-likeness (QED) is 0.855.